The van der Waals surface area contributed by atoms with Crippen LogP contribution in [0.3, 0.4) is 0 Å². The smallest absolute Gasteiger partial charge is 0.0898 e. The molecule has 0 aromatic heterocycles. The van der Waals surface area contributed by atoms with Crippen LogP contribution in [0, 0.1) is 0 Å². The maximum Gasteiger partial charge on any atom is 0.0898 e. The first-order chi connectivity index (χ1) is 9.40. The van der Waals surface area contributed by atoms with Gasteiger partial charge in [0.15, 0.2) is 0 Å². The quantitative estimate of drug-likeness (QED) is 0.766. The molecule has 0 fully saturated rings. The van der Waals surface area contributed by atoms with Crippen LogP contribution in [0.2, 0.25) is 0 Å². The van der Waals surface area contributed by atoms with Crippen molar-refractivity contribution in [3.63, 3.8) is 0 Å². The summed E-state index contributed by atoms with van der Waals surface area (Å²) in [6, 6.07) is 8.22. The van der Waals surface area contributed by atoms with Crippen molar-refractivity contribution in [2.24, 2.45) is 0 Å². The average molecular weight is 281 g/mol. The first kappa shape index (κ1) is 17.1. The van der Waals surface area contributed by atoms with Gasteiger partial charge in [-0.1, -0.05) is 24.3 Å². The highest BCUT2D eigenvalue weighted by Crippen LogP contribution is 2.08. The van der Waals surface area contributed by atoms with Crippen LogP contribution in [0.15, 0.2) is 24.3 Å². The molecule has 4 heteroatoms. The zero-order valence-corrected chi connectivity index (χ0v) is 13.0. The standard InChI is InChI=1S/C16H27NO3/c1-16(2,3)20-12-15(18)10-17-9-13-6-5-7-14(8-13)11-19-4/h5-8,15,17-18H,9-12H2,1-4H3. The maximum atomic E-state index is 9.82. The molecule has 0 aliphatic carbocycles. The van der Waals surface area contributed by atoms with Crippen LogP contribution >= 0.6 is 0 Å². The lowest BCUT2D eigenvalue weighted by atomic mass is 10.1. The van der Waals surface area contributed by atoms with Gasteiger partial charge in [0, 0.05) is 20.2 Å². The van der Waals surface area contributed by atoms with Crippen molar-refractivity contribution in [1.29, 1.82) is 0 Å². The van der Waals surface area contributed by atoms with Crippen LogP contribution in [-0.4, -0.2) is 37.1 Å². The summed E-state index contributed by atoms with van der Waals surface area (Å²) in [4.78, 5) is 0. The lowest BCUT2D eigenvalue weighted by Gasteiger charge is -2.22. The molecule has 0 saturated heterocycles. The minimum absolute atomic E-state index is 0.213. The van der Waals surface area contributed by atoms with Crippen LogP contribution < -0.4 is 5.32 Å². The summed E-state index contributed by atoms with van der Waals surface area (Å²) < 4.78 is 10.7. The van der Waals surface area contributed by atoms with Crippen molar-refractivity contribution in [2.45, 2.75) is 45.6 Å². The van der Waals surface area contributed by atoms with Crippen molar-refractivity contribution in [2.75, 3.05) is 20.3 Å². The second kappa shape index (κ2) is 8.37. The summed E-state index contributed by atoms with van der Waals surface area (Å²) in [5, 5.41) is 13.1. The fourth-order valence-electron chi connectivity index (χ4n) is 1.78. The lowest BCUT2D eigenvalue weighted by molar-refractivity contribution is -0.0479. The van der Waals surface area contributed by atoms with Crippen LogP contribution in [0.5, 0.6) is 0 Å². The Hall–Kier alpha value is -0.940. The summed E-state index contributed by atoms with van der Waals surface area (Å²) in [6.45, 7) is 8.15. The van der Waals surface area contributed by atoms with E-state index in [9.17, 15) is 5.11 Å². The minimum Gasteiger partial charge on any atom is -0.389 e. The van der Waals surface area contributed by atoms with Gasteiger partial charge in [-0.2, -0.15) is 0 Å². The van der Waals surface area contributed by atoms with Gasteiger partial charge in [-0.15, -0.1) is 0 Å². The van der Waals surface area contributed by atoms with Gasteiger partial charge >= 0.3 is 0 Å². The van der Waals surface area contributed by atoms with Crippen LogP contribution in [0.25, 0.3) is 0 Å². The molecule has 114 valence electrons. The van der Waals surface area contributed by atoms with E-state index in [1.807, 2.05) is 32.9 Å². The molecule has 0 radical (unpaired) electrons. The average Bonchev–Trinajstić information content (AvgIpc) is 2.36. The van der Waals surface area contributed by atoms with E-state index < -0.39 is 6.10 Å². The number of benzene rings is 1. The van der Waals surface area contributed by atoms with Crippen molar-refractivity contribution in [1.82, 2.24) is 5.32 Å². The monoisotopic (exact) mass is 281 g/mol. The summed E-state index contributed by atoms with van der Waals surface area (Å²) in [5.41, 5.74) is 2.13. The Labute approximate surface area is 122 Å². The molecule has 0 saturated carbocycles. The van der Waals surface area contributed by atoms with Gasteiger partial charge in [0.2, 0.25) is 0 Å². The van der Waals surface area contributed by atoms with E-state index >= 15 is 0 Å². The van der Waals surface area contributed by atoms with Gasteiger partial charge in [0.1, 0.15) is 0 Å². The Balaban J connectivity index is 2.28. The van der Waals surface area contributed by atoms with Crippen molar-refractivity contribution in [3.05, 3.63) is 35.4 Å². The fourth-order valence-corrected chi connectivity index (χ4v) is 1.78. The van der Waals surface area contributed by atoms with Crippen LogP contribution in [-0.2, 0) is 22.6 Å². The van der Waals surface area contributed by atoms with Gasteiger partial charge in [0.25, 0.3) is 0 Å². The van der Waals surface area contributed by atoms with E-state index in [0.29, 0.717) is 19.8 Å². The second-order valence-corrected chi connectivity index (χ2v) is 5.96. The van der Waals surface area contributed by atoms with Gasteiger partial charge < -0.3 is 19.9 Å². The van der Waals surface area contributed by atoms with E-state index in [4.69, 9.17) is 9.47 Å². The number of hydrogen-bond donors (Lipinski definition) is 2. The zero-order chi connectivity index (χ0) is 15.0. The van der Waals surface area contributed by atoms with E-state index in [1.54, 1.807) is 7.11 Å². The number of ether oxygens (including phenoxy) is 2. The van der Waals surface area contributed by atoms with Crippen LogP contribution in [0.1, 0.15) is 31.9 Å². The first-order valence-corrected chi connectivity index (χ1v) is 7.00. The molecule has 1 aromatic carbocycles. The molecule has 0 heterocycles. The SMILES string of the molecule is COCc1cccc(CNCC(O)COC(C)(C)C)c1. The van der Waals surface area contributed by atoms with E-state index in [-0.39, 0.29) is 5.60 Å². The molecule has 0 spiro atoms. The number of rotatable bonds is 8. The molecule has 0 bridgehead atoms. The normalized spacial score (nSPS) is 13.4. The highest BCUT2D eigenvalue weighted by molar-refractivity contribution is 5.22. The number of nitrogens with one attached hydrogen (secondary N) is 1. The molecule has 0 amide bonds. The predicted octanol–water partition coefficient (Wildman–Crippen LogP) is 2.10. The van der Waals surface area contributed by atoms with Gasteiger partial charge in [-0.3, -0.25) is 0 Å². The fraction of sp³-hybridized carbons (Fsp3) is 0.625. The largest absolute Gasteiger partial charge is 0.389 e. The Morgan fingerprint density at radius 2 is 1.95 bits per heavy atom. The number of methoxy groups -OCH3 is 1. The molecule has 1 atom stereocenters. The molecule has 4 nitrogen and oxygen atoms in total. The van der Waals surface area contributed by atoms with Gasteiger partial charge in [-0.05, 0) is 31.9 Å². The predicted molar refractivity (Wildman–Crippen MR) is 80.6 cm³/mol. The van der Waals surface area contributed by atoms with Gasteiger partial charge in [-0.25, -0.2) is 0 Å². The Morgan fingerprint density at radius 3 is 2.60 bits per heavy atom. The molecule has 1 rings (SSSR count). The molecule has 0 aliphatic heterocycles. The highest BCUT2D eigenvalue weighted by Gasteiger charge is 2.13. The van der Waals surface area contributed by atoms with Gasteiger partial charge in [0.05, 0.1) is 24.9 Å². The number of aliphatic hydroxyl groups excluding tert-OH is 1. The molecule has 2 N–H and O–H groups in total. The minimum atomic E-state index is -0.489. The van der Waals surface area contributed by atoms with E-state index in [2.05, 4.69) is 17.4 Å². The molecule has 1 unspecified atom stereocenters. The number of hydrogen-bond acceptors (Lipinski definition) is 4. The zero-order valence-electron chi connectivity index (χ0n) is 13.0. The summed E-state index contributed by atoms with van der Waals surface area (Å²) >= 11 is 0. The Bertz CT molecular complexity index is 388. The summed E-state index contributed by atoms with van der Waals surface area (Å²) in [5.74, 6) is 0. The maximum absolute atomic E-state index is 9.82. The molecule has 20 heavy (non-hydrogen) atoms. The third kappa shape index (κ3) is 7.60. The first-order valence-electron chi connectivity index (χ1n) is 7.00. The molecule has 1 aromatic rings. The number of aliphatic hydroxyl groups is 1. The Kier molecular flexibility index (Phi) is 7.16. The highest BCUT2D eigenvalue weighted by atomic mass is 16.5. The molecular weight excluding hydrogens is 254 g/mol. The summed E-state index contributed by atoms with van der Waals surface area (Å²) in [7, 11) is 1.69. The molecular formula is C16H27NO3. The Morgan fingerprint density at radius 1 is 1.25 bits per heavy atom. The van der Waals surface area contributed by atoms with Crippen molar-refractivity contribution < 1.29 is 14.6 Å². The van der Waals surface area contributed by atoms with Crippen LogP contribution in [0.4, 0.5) is 0 Å². The van der Waals surface area contributed by atoms with E-state index in [0.717, 1.165) is 12.1 Å². The third-order valence-electron chi connectivity index (χ3n) is 2.72. The third-order valence-corrected chi connectivity index (χ3v) is 2.72. The molecule has 0 aliphatic rings. The van der Waals surface area contributed by atoms with Crippen molar-refractivity contribution >= 4 is 0 Å². The summed E-state index contributed by atoms with van der Waals surface area (Å²) in [6.07, 6.45) is -0.489. The topological polar surface area (TPSA) is 50.7 Å². The second-order valence-electron chi connectivity index (χ2n) is 5.96. The van der Waals surface area contributed by atoms with E-state index in [1.165, 1.54) is 5.56 Å². The van der Waals surface area contributed by atoms with Crippen molar-refractivity contribution in [3.8, 4) is 0 Å². The lowest BCUT2D eigenvalue weighted by Crippen LogP contribution is -2.33.